The molecule has 2 amide bonds. The van der Waals surface area contributed by atoms with Crippen molar-refractivity contribution in [2.75, 3.05) is 18.4 Å². The summed E-state index contributed by atoms with van der Waals surface area (Å²) in [6.45, 7) is 5.31. The minimum absolute atomic E-state index is 0.0102. The van der Waals surface area contributed by atoms with E-state index in [0.29, 0.717) is 48.8 Å². The van der Waals surface area contributed by atoms with Crippen molar-refractivity contribution in [3.05, 3.63) is 29.8 Å². The summed E-state index contributed by atoms with van der Waals surface area (Å²) >= 11 is 0. The number of piperidine rings is 1. The lowest BCUT2D eigenvalue weighted by Gasteiger charge is -2.28. The molecule has 0 saturated carbocycles. The number of rotatable bonds is 6. The number of amides is 2. The van der Waals surface area contributed by atoms with Gasteiger partial charge in [0.05, 0.1) is 0 Å². The minimum atomic E-state index is 0.0102. The summed E-state index contributed by atoms with van der Waals surface area (Å²) in [5.74, 6) is 0.536. The van der Waals surface area contributed by atoms with Crippen molar-refractivity contribution in [2.45, 2.75) is 58.0 Å². The number of carbonyl (C=O) groups is 2. The highest BCUT2D eigenvalue weighted by Gasteiger charge is 2.34. The van der Waals surface area contributed by atoms with Crippen LogP contribution in [0.3, 0.4) is 0 Å². The Bertz CT molecular complexity index is 615. The molecule has 2 atom stereocenters. The van der Waals surface area contributed by atoms with E-state index >= 15 is 0 Å². The van der Waals surface area contributed by atoms with E-state index in [-0.39, 0.29) is 11.8 Å². The predicted molar refractivity (Wildman–Crippen MR) is 99.6 cm³/mol. The normalized spacial score (nSPS) is 24.8. The van der Waals surface area contributed by atoms with Gasteiger partial charge in [0.25, 0.3) is 5.91 Å². The Kier molecular flexibility index (Phi) is 5.74. The number of hydrogen-bond acceptors (Lipinski definition) is 3. The zero-order valence-electron chi connectivity index (χ0n) is 15.3. The average molecular weight is 343 g/mol. The molecule has 2 fully saturated rings. The summed E-state index contributed by atoms with van der Waals surface area (Å²) in [4.78, 5) is 26.6. The first-order valence-corrected chi connectivity index (χ1v) is 9.54. The van der Waals surface area contributed by atoms with Crippen LogP contribution < -0.4 is 10.6 Å². The van der Waals surface area contributed by atoms with E-state index in [1.54, 1.807) is 17.0 Å². The standard InChI is InChI=1S/C20H29N3O2/c1-3-23(4-2)20(25)15-6-5-7-16(13-15)22-19(24)12-14-10-17-8-9-18(11-14)21-17/h5-7,13-14,17-18,21H,3-4,8-12H2,1-2H3,(H,22,24). The molecule has 2 unspecified atom stereocenters. The summed E-state index contributed by atoms with van der Waals surface area (Å²) < 4.78 is 0. The van der Waals surface area contributed by atoms with Gasteiger partial charge >= 0.3 is 0 Å². The second-order valence-corrected chi connectivity index (χ2v) is 7.29. The number of nitrogens with zero attached hydrogens (tertiary/aromatic N) is 1. The van der Waals surface area contributed by atoms with Gasteiger partial charge in [-0.3, -0.25) is 9.59 Å². The first-order valence-electron chi connectivity index (χ1n) is 9.54. The maximum absolute atomic E-state index is 12.4. The number of fused-ring (bicyclic) bond motifs is 2. The zero-order valence-corrected chi connectivity index (χ0v) is 15.3. The van der Waals surface area contributed by atoms with E-state index in [2.05, 4.69) is 10.6 Å². The van der Waals surface area contributed by atoms with Gasteiger partial charge in [-0.15, -0.1) is 0 Å². The lowest BCUT2D eigenvalue weighted by atomic mass is 9.89. The summed E-state index contributed by atoms with van der Waals surface area (Å²) in [5.41, 5.74) is 1.33. The quantitative estimate of drug-likeness (QED) is 0.835. The maximum atomic E-state index is 12.4. The van der Waals surface area contributed by atoms with Crippen LogP contribution >= 0.6 is 0 Å². The summed E-state index contributed by atoms with van der Waals surface area (Å²) in [6, 6.07) is 8.48. The molecule has 2 N–H and O–H groups in total. The highest BCUT2D eigenvalue weighted by molar-refractivity contribution is 5.97. The molecule has 0 radical (unpaired) electrons. The fourth-order valence-corrected chi connectivity index (χ4v) is 4.24. The molecule has 5 nitrogen and oxygen atoms in total. The van der Waals surface area contributed by atoms with Gasteiger partial charge in [-0.05, 0) is 63.6 Å². The van der Waals surface area contributed by atoms with Crippen LogP contribution in [0.25, 0.3) is 0 Å². The Morgan fingerprint density at radius 1 is 1.16 bits per heavy atom. The third-order valence-electron chi connectivity index (χ3n) is 5.49. The molecule has 2 bridgehead atoms. The molecule has 3 rings (SSSR count). The van der Waals surface area contributed by atoms with Gasteiger partial charge in [-0.25, -0.2) is 0 Å². The number of anilines is 1. The highest BCUT2D eigenvalue weighted by atomic mass is 16.2. The first kappa shape index (κ1) is 17.9. The third-order valence-corrected chi connectivity index (χ3v) is 5.49. The molecule has 2 heterocycles. The maximum Gasteiger partial charge on any atom is 0.253 e. The van der Waals surface area contributed by atoms with Crippen LogP contribution in [0.5, 0.6) is 0 Å². The molecular weight excluding hydrogens is 314 g/mol. The smallest absolute Gasteiger partial charge is 0.253 e. The highest BCUT2D eigenvalue weighted by Crippen LogP contribution is 2.32. The Morgan fingerprint density at radius 2 is 1.84 bits per heavy atom. The van der Waals surface area contributed by atoms with Gasteiger partial charge < -0.3 is 15.5 Å². The van der Waals surface area contributed by atoms with E-state index < -0.39 is 0 Å². The van der Waals surface area contributed by atoms with Crippen molar-refractivity contribution in [3.8, 4) is 0 Å². The molecule has 136 valence electrons. The average Bonchev–Trinajstić information content (AvgIpc) is 2.94. The second kappa shape index (κ2) is 8.00. The van der Waals surface area contributed by atoms with Crippen LogP contribution in [0.2, 0.25) is 0 Å². The fourth-order valence-electron chi connectivity index (χ4n) is 4.24. The van der Waals surface area contributed by atoms with Crippen LogP contribution in [-0.2, 0) is 4.79 Å². The number of hydrogen-bond donors (Lipinski definition) is 2. The van der Waals surface area contributed by atoms with Gasteiger partial charge in [-0.2, -0.15) is 0 Å². The van der Waals surface area contributed by atoms with E-state index in [9.17, 15) is 9.59 Å². The summed E-state index contributed by atoms with van der Waals surface area (Å²) in [5, 5.41) is 6.59. The topological polar surface area (TPSA) is 61.4 Å². The van der Waals surface area contributed by atoms with Crippen LogP contribution in [0, 0.1) is 5.92 Å². The van der Waals surface area contributed by atoms with Crippen LogP contribution in [0.15, 0.2) is 24.3 Å². The van der Waals surface area contributed by atoms with Crippen LogP contribution in [-0.4, -0.2) is 41.9 Å². The molecule has 0 spiro atoms. The number of carbonyl (C=O) groups excluding carboxylic acids is 2. The number of benzene rings is 1. The lowest BCUT2D eigenvalue weighted by Crippen LogP contribution is -2.39. The molecular formula is C20H29N3O2. The molecule has 25 heavy (non-hydrogen) atoms. The molecule has 2 aliphatic heterocycles. The van der Waals surface area contributed by atoms with Crippen molar-refractivity contribution in [1.29, 1.82) is 0 Å². The SMILES string of the molecule is CCN(CC)C(=O)c1cccc(NC(=O)CC2CC3CCC(C2)N3)c1. The molecule has 0 aromatic heterocycles. The van der Waals surface area contributed by atoms with Gasteiger partial charge in [-0.1, -0.05) is 6.07 Å². The minimum Gasteiger partial charge on any atom is -0.339 e. The van der Waals surface area contributed by atoms with Crippen molar-refractivity contribution in [1.82, 2.24) is 10.2 Å². The summed E-state index contributed by atoms with van der Waals surface area (Å²) in [6.07, 6.45) is 5.27. The van der Waals surface area contributed by atoms with Crippen LogP contribution in [0.1, 0.15) is 56.3 Å². The van der Waals surface area contributed by atoms with Gasteiger partial charge in [0.2, 0.25) is 5.91 Å². The predicted octanol–water partition coefficient (Wildman–Crippen LogP) is 3.03. The van der Waals surface area contributed by atoms with Crippen molar-refractivity contribution >= 4 is 17.5 Å². The van der Waals surface area contributed by atoms with Gasteiger partial charge in [0.1, 0.15) is 0 Å². The molecule has 0 aliphatic carbocycles. The van der Waals surface area contributed by atoms with Crippen molar-refractivity contribution in [2.24, 2.45) is 5.92 Å². The zero-order chi connectivity index (χ0) is 17.8. The Hall–Kier alpha value is -1.88. The molecule has 5 heteroatoms. The lowest BCUT2D eigenvalue weighted by molar-refractivity contribution is -0.117. The monoisotopic (exact) mass is 343 g/mol. The third kappa shape index (κ3) is 4.40. The molecule has 2 saturated heterocycles. The van der Waals surface area contributed by atoms with Gasteiger partial charge in [0.15, 0.2) is 0 Å². The van der Waals surface area contributed by atoms with E-state index in [1.165, 1.54) is 12.8 Å². The first-order chi connectivity index (χ1) is 12.1. The van der Waals surface area contributed by atoms with E-state index in [1.807, 2.05) is 26.0 Å². The second-order valence-electron chi connectivity index (χ2n) is 7.29. The fraction of sp³-hybridized carbons (Fsp3) is 0.600. The largest absolute Gasteiger partial charge is 0.339 e. The Labute approximate surface area is 150 Å². The Balaban J connectivity index is 1.58. The van der Waals surface area contributed by atoms with E-state index in [4.69, 9.17) is 0 Å². The molecule has 1 aromatic rings. The Morgan fingerprint density at radius 3 is 2.48 bits per heavy atom. The molecule has 1 aromatic carbocycles. The van der Waals surface area contributed by atoms with Crippen LogP contribution in [0.4, 0.5) is 5.69 Å². The summed E-state index contributed by atoms with van der Waals surface area (Å²) in [7, 11) is 0. The number of nitrogens with one attached hydrogen (secondary N) is 2. The van der Waals surface area contributed by atoms with Crippen molar-refractivity contribution < 1.29 is 9.59 Å². The van der Waals surface area contributed by atoms with E-state index in [0.717, 1.165) is 12.8 Å². The molecule has 2 aliphatic rings. The van der Waals surface area contributed by atoms with Crippen molar-refractivity contribution in [3.63, 3.8) is 0 Å². The van der Waals surface area contributed by atoms with Gasteiger partial charge in [0, 0.05) is 42.8 Å².